The molecule has 0 aliphatic carbocycles. The Morgan fingerprint density at radius 3 is 2.47 bits per heavy atom. The molecule has 0 saturated carbocycles. The molecule has 1 heterocycles. The maximum atomic E-state index is 5.71. The Labute approximate surface area is 129 Å². The van der Waals surface area contributed by atoms with Crippen molar-refractivity contribution < 1.29 is 0 Å². The van der Waals surface area contributed by atoms with Crippen molar-refractivity contribution in [2.75, 3.05) is 0 Å². The second kappa shape index (κ2) is 6.13. The van der Waals surface area contributed by atoms with Crippen molar-refractivity contribution in [1.29, 1.82) is 0 Å². The molecule has 1 aromatic heterocycles. The summed E-state index contributed by atoms with van der Waals surface area (Å²) in [5.41, 5.74) is 7.31. The maximum Gasteiger partial charge on any atom is 0.0893 e. The van der Waals surface area contributed by atoms with Gasteiger partial charge in [0.1, 0.15) is 0 Å². The molecule has 0 bridgehead atoms. The van der Waals surface area contributed by atoms with Gasteiger partial charge in [0.05, 0.1) is 11.7 Å². The number of aryl methyl sites for hydroxylation is 2. The molecular formula is C14H15Br2N3. The Bertz CT molecular complexity index is 599. The molecule has 0 saturated heterocycles. The van der Waals surface area contributed by atoms with Crippen LogP contribution >= 0.6 is 31.9 Å². The van der Waals surface area contributed by atoms with Crippen molar-refractivity contribution in [3.63, 3.8) is 0 Å². The topological polar surface area (TPSA) is 50.9 Å². The highest BCUT2D eigenvalue weighted by atomic mass is 79.9. The number of nitrogens with zero attached hydrogens (tertiary/aromatic N) is 1. The molecule has 5 heteroatoms. The van der Waals surface area contributed by atoms with Crippen LogP contribution in [0.3, 0.4) is 0 Å². The van der Waals surface area contributed by atoms with Crippen molar-refractivity contribution in [3.05, 3.63) is 61.8 Å². The minimum atomic E-state index is -0.137. The van der Waals surface area contributed by atoms with Gasteiger partial charge in [-0.2, -0.15) is 0 Å². The molecule has 0 aliphatic heterocycles. The highest BCUT2D eigenvalue weighted by molar-refractivity contribution is 9.11. The first kappa shape index (κ1) is 14.7. The van der Waals surface area contributed by atoms with E-state index in [9.17, 15) is 0 Å². The molecule has 1 aromatic carbocycles. The average molecular weight is 385 g/mol. The number of hydrogen-bond acceptors (Lipinski definition) is 3. The van der Waals surface area contributed by atoms with Crippen molar-refractivity contribution in [1.82, 2.24) is 10.4 Å². The molecule has 1 atom stereocenters. The zero-order valence-electron chi connectivity index (χ0n) is 10.7. The third kappa shape index (κ3) is 3.23. The van der Waals surface area contributed by atoms with Gasteiger partial charge >= 0.3 is 0 Å². The van der Waals surface area contributed by atoms with Gasteiger partial charge in [-0.25, -0.2) is 5.43 Å². The number of benzene rings is 1. The third-order valence-electron chi connectivity index (χ3n) is 3.14. The predicted octanol–water partition coefficient (Wildman–Crippen LogP) is 3.78. The van der Waals surface area contributed by atoms with Crippen molar-refractivity contribution in [2.24, 2.45) is 5.84 Å². The second-order valence-corrected chi connectivity index (χ2v) is 6.23. The van der Waals surface area contributed by atoms with E-state index < -0.39 is 0 Å². The standard InChI is InChI=1S/C14H15Br2N3/c1-8-3-4-10(5-9(8)2)13(19-17)14-12(16)6-11(15)7-18-14/h3-7,13,19H,17H2,1-2H3. The van der Waals surface area contributed by atoms with E-state index in [4.69, 9.17) is 5.84 Å². The largest absolute Gasteiger partial charge is 0.271 e. The first-order valence-electron chi connectivity index (χ1n) is 5.87. The van der Waals surface area contributed by atoms with Crippen LogP contribution in [0, 0.1) is 13.8 Å². The fourth-order valence-corrected chi connectivity index (χ4v) is 3.13. The number of rotatable bonds is 3. The van der Waals surface area contributed by atoms with Crippen LogP contribution < -0.4 is 11.3 Å². The molecule has 0 spiro atoms. The van der Waals surface area contributed by atoms with Crippen LogP contribution in [0.1, 0.15) is 28.4 Å². The molecule has 1 unspecified atom stereocenters. The van der Waals surface area contributed by atoms with E-state index in [1.165, 1.54) is 11.1 Å². The summed E-state index contributed by atoms with van der Waals surface area (Å²) in [4.78, 5) is 4.44. The minimum absolute atomic E-state index is 0.137. The van der Waals surface area contributed by atoms with Crippen LogP contribution in [0.15, 0.2) is 39.4 Å². The van der Waals surface area contributed by atoms with Crippen LogP contribution in [0.2, 0.25) is 0 Å². The van der Waals surface area contributed by atoms with Gasteiger partial charge in [-0.3, -0.25) is 10.8 Å². The number of aromatic nitrogens is 1. The van der Waals surface area contributed by atoms with Crippen LogP contribution in [0.5, 0.6) is 0 Å². The van der Waals surface area contributed by atoms with E-state index in [2.05, 4.69) is 74.3 Å². The molecule has 3 N–H and O–H groups in total. The number of hydrogen-bond donors (Lipinski definition) is 2. The van der Waals surface area contributed by atoms with Gasteiger partial charge in [0, 0.05) is 15.1 Å². The van der Waals surface area contributed by atoms with Crippen molar-refractivity contribution in [2.45, 2.75) is 19.9 Å². The van der Waals surface area contributed by atoms with E-state index in [1.54, 1.807) is 6.20 Å². The maximum absolute atomic E-state index is 5.71. The number of nitrogens with one attached hydrogen (secondary N) is 1. The van der Waals surface area contributed by atoms with E-state index in [-0.39, 0.29) is 6.04 Å². The van der Waals surface area contributed by atoms with Crippen molar-refractivity contribution >= 4 is 31.9 Å². The lowest BCUT2D eigenvalue weighted by molar-refractivity contribution is 0.617. The fraction of sp³-hybridized carbons (Fsp3) is 0.214. The highest BCUT2D eigenvalue weighted by Crippen LogP contribution is 2.29. The summed E-state index contributed by atoms with van der Waals surface area (Å²) in [5.74, 6) is 5.71. The van der Waals surface area contributed by atoms with Crippen LogP contribution in [-0.4, -0.2) is 4.98 Å². The predicted molar refractivity (Wildman–Crippen MR) is 84.7 cm³/mol. The minimum Gasteiger partial charge on any atom is -0.271 e. The summed E-state index contributed by atoms with van der Waals surface area (Å²) < 4.78 is 1.85. The molecular weight excluding hydrogens is 370 g/mol. The lowest BCUT2D eigenvalue weighted by Crippen LogP contribution is -2.29. The molecule has 100 valence electrons. The van der Waals surface area contributed by atoms with E-state index in [0.717, 1.165) is 20.2 Å². The zero-order valence-corrected chi connectivity index (χ0v) is 13.9. The molecule has 0 radical (unpaired) electrons. The Balaban J connectivity index is 2.46. The second-order valence-electron chi connectivity index (χ2n) is 4.46. The van der Waals surface area contributed by atoms with Crippen molar-refractivity contribution in [3.8, 4) is 0 Å². The third-order valence-corrected chi connectivity index (χ3v) is 4.21. The van der Waals surface area contributed by atoms with Crippen LogP contribution in [0.4, 0.5) is 0 Å². The summed E-state index contributed by atoms with van der Waals surface area (Å²) in [5, 5.41) is 0. The summed E-state index contributed by atoms with van der Waals surface area (Å²) in [7, 11) is 0. The first-order valence-corrected chi connectivity index (χ1v) is 7.45. The molecule has 0 aliphatic rings. The zero-order chi connectivity index (χ0) is 14.0. The van der Waals surface area contributed by atoms with Gasteiger partial charge < -0.3 is 0 Å². The number of pyridine rings is 1. The fourth-order valence-electron chi connectivity index (χ4n) is 1.91. The SMILES string of the molecule is Cc1ccc(C(NN)c2ncc(Br)cc2Br)cc1C. The van der Waals surface area contributed by atoms with Gasteiger partial charge in [-0.1, -0.05) is 18.2 Å². The smallest absolute Gasteiger partial charge is 0.0893 e. The number of hydrazine groups is 1. The quantitative estimate of drug-likeness (QED) is 0.625. The molecule has 0 fully saturated rings. The average Bonchev–Trinajstić information content (AvgIpc) is 2.37. The van der Waals surface area contributed by atoms with E-state index in [1.807, 2.05) is 6.07 Å². The van der Waals surface area contributed by atoms with Gasteiger partial charge in [0.25, 0.3) is 0 Å². The summed E-state index contributed by atoms with van der Waals surface area (Å²) in [6, 6.07) is 8.14. The van der Waals surface area contributed by atoms with Crippen LogP contribution in [-0.2, 0) is 0 Å². The Hall–Kier alpha value is -0.750. The van der Waals surface area contributed by atoms with Gasteiger partial charge in [0.15, 0.2) is 0 Å². The lowest BCUT2D eigenvalue weighted by atomic mass is 9.99. The number of halogens is 2. The summed E-state index contributed by atoms with van der Waals surface area (Å²) in [6.45, 7) is 4.19. The van der Waals surface area contributed by atoms with Gasteiger partial charge in [-0.05, 0) is 68.5 Å². The molecule has 2 rings (SSSR count). The Morgan fingerprint density at radius 2 is 1.89 bits per heavy atom. The van der Waals surface area contributed by atoms with Gasteiger partial charge in [-0.15, -0.1) is 0 Å². The lowest BCUT2D eigenvalue weighted by Gasteiger charge is -2.18. The van der Waals surface area contributed by atoms with Crippen LogP contribution in [0.25, 0.3) is 0 Å². The molecule has 0 amide bonds. The Morgan fingerprint density at radius 1 is 1.16 bits per heavy atom. The Kier molecular flexibility index (Phi) is 4.73. The molecule has 3 nitrogen and oxygen atoms in total. The normalized spacial score (nSPS) is 12.5. The van der Waals surface area contributed by atoms with E-state index >= 15 is 0 Å². The van der Waals surface area contributed by atoms with E-state index in [0.29, 0.717) is 0 Å². The highest BCUT2D eigenvalue weighted by Gasteiger charge is 2.17. The molecule has 19 heavy (non-hydrogen) atoms. The summed E-state index contributed by atoms with van der Waals surface area (Å²) in [6.07, 6.45) is 1.77. The number of nitrogens with two attached hydrogens (primary N) is 1. The summed E-state index contributed by atoms with van der Waals surface area (Å²) >= 11 is 6.93. The first-order chi connectivity index (χ1) is 9.02. The van der Waals surface area contributed by atoms with Gasteiger partial charge in [0.2, 0.25) is 0 Å². The monoisotopic (exact) mass is 383 g/mol. The molecule has 2 aromatic rings.